The van der Waals surface area contributed by atoms with Crippen molar-refractivity contribution in [2.24, 2.45) is 0 Å². The monoisotopic (exact) mass is 354 g/mol. The van der Waals surface area contributed by atoms with E-state index in [1.165, 1.54) is 18.2 Å². The standard InChI is InChI=1S/C20H19FN2O3/c21-18-4-2-1-3-15(18)7-10-19(24)22-17-8-5-16(6-9-17)20(25)23-11-13-26-14-12-23/h1-10H,11-14H2,(H,22,24)/b10-7+. The zero-order valence-electron chi connectivity index (χ0n) is 14.2. The van der Waals surface area contributed by atoms with Gasteiger partial charge in [-0.05, 0) is 36.4 Å². The number of carbonyl (C=O) groups excluding carboxylic acids is 2. The second-order valence-corrected chi connectivity index (χ2v) is 5.83. The van der Waals surface area contributed by atoms with Gasteiger partial charge in [0.15, 0.2) is 0 Å². The molecule has 1 aliphatic heterocycles. The van der Waals surface area contributed by atoms with Gasteiger partial charge in [-0.2, -0.15) is 0 Å². The largest absolute Gasteiger partial charge is 0.378 e. The van der Waals surface area contributed by atoms with Gasteiger partial charge < -0.3 is 15.0 Å². The molecule has 0 radical (unpaired) electrons. The van der Waals surface area contributed by atoms with E-state index in [2.05, 4.69) is 5.32 Å². The Morgan fingerprint density at radius 1 is 1.04 bits per heavy atom. The number of hydrogen-bond donors (Lipinski definition) is 1. The van der Waals surface area contributed by atoms with Crippen molar-refractivity contribution < 1.29 is 18.7 Å². The van der Waals surface area contributed by atoms with Gasteiger partial charge >= 0.3 is 0 Å². The molecule has 1 fully saturated rings. The topological polar surface area (TPSA) is 58.6 Å². The SMILES string of the molecule is O=C(/C=C/c1ccccc1F)Nc1ccc(C(=O)N2CCOCC2)cc1. The van der Waals surface area contributed by atoms with Crippen LogP contribution in [0.15, 0.2) is 54.6 Å². The second-order valence-electron chi connectivity index (χ2n) is 5.83. The van der Waals surface area contributed by atoms with Crippen LogP contribution in [0, 0.1) is 5.82 Å². The van der Waals surface area contributed by atoms with E-state index in [0.29, 0.717) is 43.1 Å². The van der Waals surface area contributed by atoms with Crippen LogP contribution in [0.3, 0.4) is 0 Å². The van der Waals surface area contributed by atoms with Crippen molar-refractivity contribution in [3.8, 4) is 0 Å². The Morgan fingerprint density at radius 3 is 2.42 bits per heavy atom. The second kappa shape index (κ2) is 8.40. The molecule has 2 aromatic carbocycles. The van der Waals surface area contributed by atoms with E-state index in [-0.39, 0.29) is 17.6 Å². The Bertz CT molecular complexity index is 812. The Balaban J connectivity index is 1.59. The first-order valence-electron chi connectivity index (χ1n) is 8.34. The van der Waals surface area contributed by atoms with Crippen LogP contribution < -0.4 is 5.32 Å². The van der Waals surface area contributed by atoms with E-state index in [1.54, 1.807) is 47.4 Å². The van der Waals surface area contributed by atoms with Gasteiger partial charge in [-0.25, -0.2) is 4.39 Å². The van der Waals surface area contributed by atoms with Crippen molar-refractivity contribution in [3.63, 3.8) is 0 Å². The molecule has 1 aliphatic rings. The van der Waals surface area contributed by atoms with E-state index >= 15 is 0 Å². The average molecular weight is 354 g/mol. The van der Waals surface area contributed by atoms with Crippen molar-refractivity contribution in [2.45, 2.75) is 0 Å². The van der Waals surface area contributed by atoms with Crippen LogP contribution in [-0.4, -0.2) is 43.0 Å². The number of halogens is 1. The summed E-state index contributed by atoms with van der Waals surface area (Å²) in [7, 11) is 0. The summed E-state index contributed by atoms with van der Waals surface area (Å²) < 4.78 is 18.8. The zero-order valence-corrected chi connectivity index (χ0v) is 14.2. The number of amides is 2. The highest BCUT2D eigenvalue weighted by Crippen LogP contribution is 2.13. The van der Waals surface area contributed by atoms with Gasteiger partial charge in [0, 0.05) is 36.0 Å². The molecule has 1 N–H and O–H groups in total. The highest BCUT2D eigenvalue weighted by atomic mass is 19.1. The van der Waals surface area contributed by atoms with Crippen LogP contribution in [0.4, 0.5) is 10.1 Å². The molecule has 0 unspecified atom stereocenters. The van der Waals surface area contributed by atoms with E-state index in [4.69, 9.17) is 4.74 Å². The van der Waals surface area contributed by atoms with E-state index in [1.807, 2.05) is 0 Å². The summed E-state index contributed by atoms with van der Waals surface area (Å²) in [4.78, 5) is 26.1. The maximum atomic E-state index is 13.5. The van der Waals surface area contributed by atoms with Gasteiger partial charge in [0.25, 0.3) is 5.91 Å². The summed E-state index contributed by atoms with van der Waals surface area (Å²) in [6.07, 6.45) is 2.69. The molecule has 3 rings (SSSR count). The maximum absolute atomic E-state index is 13.5. The molecule has 2 aromatic rings. The third kappa shape index (κ3) is 4.55. The summed E-state index contributed by atoms with van der Waals surface area (Å²) >= 11 is 0. The van der Waals surface area contributed by atoms with Crippen LogP contribution in [0.2, 0.25) is 0 Å². The molecule has 134 valence electrons. The third-order valence-electron chi connectivity index (χ3n) is 4.02. The van der Waals surface area contributed by atoms with Crippen LogP contribution >= 0.6 is 0 Å². The van der Waals surface area contributed by atoms with Gasteiger partial charge in [0.2, 0.25) is 5.91 Å². The number of benzene rings is 2. The molecule has 1 heterocycles. The van der Waals surface area contributed by atoms with Crippen molar-refractivity contribution in [3.05, 3.63) is 71.6 Å². The van der Waals surface area contributed by atoms with Gasteiger partial charge in [0.1, 0.15) is 5.82 Å². The normalized spacial score (nSPS) is 14.4. The van der Waals surface area contributed by atoms with E-state index < -0.39 is 0 Å². The number of ether oxygens (including phenoxy) is 1. The Labute approximate surface area is 151 Å². The number of morpholine rings is 1. The number of nitrogens with zero attached hydrogens (tertiary/aromatic N) is 1. The summed E-state index contributed by atoms with van der Waals surface area (Å²) in [6, 6.07) is 12.9. The predicted octanol–water partition coefficient (Wildman–Crippen LogP) is 2.95. The van der Waals surface area contributed by atoms with Crippen molar-refractivity contribution in [1.29, 1.82) is 0 Å². The van der Waals surface area contributed by atoms with Gasteiger partial charge in [0.05, 0.1) is 13.2 Å². The molecule has 1 saturated heterocycles. The molecule has 0 aliphatic carbocycles. The highest BCUT2D eigenvalue weighted by molar-refractivity contribution is 6.02. The fraction of sp³-hybridized carbons (Fsp3) is 0.200. The predicted molar refractivity (Wildman–Crippen MR) is 97.2 cm³/mol. The molecule has 0 spiro atoms. The Morgan fingerprint density at radius 2 is 1.73 bits per heavy atom. The number of rotatable bonds is 4. The molecule has 0 aromatic heterocycles. The van der Waals surface area contributed by atoms with E-state index in [9.17, 15) is 14.0 Å². The first-order chi connectivity index (χ1) is 12.6. The summed E-state index contributed by atoms with van der Waals surface area (Å²) in [6.45, 7) is 2.26. The molecule has 2 amide bonds. The van der Waals surface area contributed by atoms with Crippen molar-refractivity contribution in [1.82, 2.24) is 4.90 Å². The first-order valence-corrected chi connectivity index (χ1v) is 8.34. The molecule has 26 heavy (non-hydrogen) atoms. The lowest BCUT2D eigenvalue weighted by Crippen LogP contribution is -2.40. The summed E-state index contributed by atoms with van der Waals surface area (Å²) in [5, 5.41) is 2.68. The van der Waals surface area contributed by atoms with Crippen LogP contribution in [-0.2, 0) is 9.53 Å². The molecule has 0 bridgehead atoms. The molecular weight excluding hydrogens is 335 g/mol. The smallest absolute Gasteiger partial charge is 0.254 e. The number of nitrogens with one attached hydrogen (secondary N) is 1. The Kier molecular flexibility index (Phi) is 5.76. The Hall–Kier alpha value is -2.99. The molecule has 0 atom stereocenters. The minimum absolute atomic E-state index is 0.0503. The zero-order chi connectivity index (χ0) is 18.4. The van der Waals surface area contributed by atoms with E-state index in [0.717, 1.165) is 0 Å². The summed E-state index contributed by atoms with van der Waals surface area (Å²) in [5.41, 5.74) is 1.47. The lowest BCUT2D eigenvalue weighted by atomic mass is 10.1. The molecule has 6 heteroatoms. The molecular formula is C20H19FN2O3. The average Bonchev–Trinajstić information content (AvgIpc) is 2.68. The van der Waals surface area contributed by atoms with Crippen LogP contribution in [0.1, 0.15) is 15.9 Å². The van der Waals surface area contributed by atoms with Crippen molar-refractivity contribution >= 4 is 23.6 Å². The number of carbonyl (C=O) groups is 2. The minimum atomic E-state index is -0.387. The molecule has 5 nitrogen and oxygen atoms in total. The number of hydrogen-bond acceptors (Lipinski definition) is 3. The fourth-order valence-electron chi connectivity index (χ4n) is 2.60. The van der Waals surface area contributed by atoms with Gasteiger partial charge in [-0.3, -0.25) is 9.59 Å². The third-order valence-corrected chi connectivity index (χ3v) is 4.02. The first kappa shape index (κ1) is 17.8. The lowest BCUT2D eigenvalue weighted by molar-refractivity contribution is -0.111. The van der Waals surface area contributed by atoms with Gasteiger partial charge in [-0.1, -0.05) is 18.2 Å². The maximum Gasteiger partial charge on any atom is 0.254 e. The lowest BCUT2D eigenvalue weighted by Gasteiger charge is -2.26. The summed E-state index contributed by atoms with van der Waals surface area (Å²) in [5.74, 6) is -0.811. The fourth-order valence-corrected chi connectivity index (χ4v) is 2.60. The van der Waals surface area contributed by atoms with Gasteiger partial charge in [-0.15, -0.1) is 0 Å². The van der Waals surface area contributed by atoms with Crippen LogP contribution in [0.25, 0.3) is 6.08 Å². The van der Waals surface area contributed by atoms with Crippen molar-refractivity contribution in [2.75, 3.05) is 31.6 Å². The quantitative estimate of drug-likeness (QED) is 0.859. The highest BCUT2D eigenvalue weighted by Gasteiger charge is 2.18. The number of anilines is 1. The minimum Gasteiger partial charge on any atom is -0.378 e. The van der Waals surface area contributed by atoms with Crippen LogP contribution in [0.5, 0.6) is 0 Å². The molecule has 0 saturated carbocycles.